The molecular weight excluding hydrogens is 242 g/mol. The molecule has 0 fully saturated rings. The predicted octanol–water partition coefficient (Wildman–Crippen LogP) is 1.81. The number of nitrogens with two attached hydrogens (primary N) is 1. The highest BCUT2D eigenvalue weighted by atomic mass is 35.5. The number of halogens is 1. The second-order valence-corrected chi connectivity index (χ2v) is 3.64. The van der Waals surface area contributed by atoms with Crippen LogP contribution in [-0.4, -0.2) is 17.7 Å². The number of hydrogen-bond donors (Lipinski definition) is 2. The van der Waals surface area contributed by atoms with Gasteiger partial charge in [-0.2, -0.15) is 0 Å². The number of aliphatic hydroxyl groups excluding tert-OH is 1. The van der Waals surface area contributed by atoms with Crippen LogP contribution in [0.15, 0.2) is 24.3 Å². The number of benzene rings is 1. The molecule has 0 heterocycles. The minimum Gasteiger partial charge on any atom is -0.427 e. The summed E-state index contributed by atoms with van der Waals surface area (Å²) in [6.07, 6.45) is 1.43. The molecule has 4 nitrogen and oxygen atoms in total. The van der Waals surface area contributed by atoms with Crippen LogP contribution in [0.5, 0.6) is 5.75 Å². The third kappa shape index (κ3) is 5.68. The number of rotatable bonds is 5. The molecule has 0 unspecified atom stereocenters. The second kappa shape index (κ2) is 8.06. The summed E-state index contributed by atoms with van der Waals surface area (Å²) < 4.78 is 4.91. The van der Waals surface area contributed by atoms with E-state index in [0.717, 1.165) is 12.0 Å². The number of hydrogen-bond acceptors (Lipinski definition) is 4. The van der Waals surface area contributed by atoms with E-state index in [1.165, 1.54) is 6.92 Å². The van der Waals surface area contributed by atoms with Crippen LogP contribution in [0.25, 0.3) is 0 Å². The molecule has 0 aromatic heterocycles. The van der Waals surface area contributed by atoms with Gasteiger partial charge in [0.1, 0.15) is 5.75 Å². The van der Waals surface area contributed by atoms with E-state index < -0.39 is 0 Å². The quantitative estimate of drug-likeness (QED) is 0.625. The van der Waals surface area contributed by atoms with E-state index in [9.17, 15) is 4.79 Å². The Morgan fingerprint density at radius 1 is 1.41 bits per heavy atom. The fraction of sp³-hybridized carbons (Fsp3) is 0.417. The molecule has 96 valence electrons. The highest BCUT2D eigenvalue weighted by Crippen LogP contribution is 2.19. The van der Waals surface area contributed by atoms with Gasteiger partial charge in [-0.05, 0) is 30.5 Å². The van der Waals surface area contributed by atoms with Gasteiger partial charge >= 0.3 is 5.97 Å². The Bertz CT molecular complexity index is 340. The van der Waals surface area contributed by atoms with Crippen molar-refractivity contribution >= 4 is 18.4 Å². The number of ether oxygens (including phenoxy) is 1. The van der Waals surface area contributed by atoms with Gasteiger partial charge in [-0.3, -0.25) is 4.79 Å². The molecule has 5 heteroatoms. The van der Waals surface area contributed by atoms with Gasteiger partial charge in [-0.25, -0.2) is 0 Å². The maximum Gasteiger partial charge on any atom is 0.308 e. The van der Waals surface area contributed by atoms with Crippen LogP contribution in [0.3, 0.4) is 0 Å². The molecule has 1 rings (SSSR count). The van der Waals surface area contributed by atoms with Crippen molar-refractivity contribution in [2.45, 2.75) is 25.8 Å². The Balaban J connectivity index is 0.00000256. The molecule has 1 aromatic carbocycles. The summed E-state index contributed by atoms with van der Waals surface area (Å²) in [4.78, 5) is 10.7. The molecular formula is C12H18ClNO3. The average molecular weight is 260 g/mol. The van der Waals surface area contributed by atoms with Crippen molar-refractivity contribution in [3.05, 3.63) is 29.8 Å². The molecule has 0 radical (unpaired) electrons. The topological polar surface area (TPSA) is 72.5 Å². The van der Waals surface area contributed by atoms with E-state index in [4.69, 9.17) is 15.6 Å². The van der Waals surface area contributed by atoms with Crippen molar-refractivity contribution in [1.29, 1.82) is 0 Å². The first kappa shape index (κ1) is 15.9. The molecule has 3 N–H and O–H groups in total. The van der Waals surface area contributed by atoms with Gasteiger partial charge in [0, 0.05) is 19.6 Å². The van der Waals surface area contributed by atoms with E-state index in [-0.39, 0.29) is 31.0 Å². The van der Waals surface area contributed by atoms with Gasteiger partial charge in [-0.15, -0.1) is 12.4 Å². The zero-order valence-corrected chi connectivity index (χ0v) is 10.6. The molecule has 1 atom stereocenters. The van der Waals surface area contributed by atoms with Gasteiger partial charge in [-0.1, -0.05) is 12.1 Å². The molecule has 0 saturated carbocycles. The molecule has 1 aromatic rings. The summed E-state index contributed by atoms with van der Waals surface area (Å²) in [6, 6.07) is 7.02. The first-order chi connectivity index (χ1) is 7.63. The summed E-state index contributed by atoms with van der Waals surface area (Å²) in [7, 11) is 0. The van der Waals surface area contributed by atoms with Crippen molar-refractivity contribution in [3.63, 3.8) is 0 Å². The van der Waals surface area contributed by atoms with Crippen LogP contribution < -0.4 is 10.5 Å². The minimum absolute atomic E-state index is 0. The van der Waals surface area contributed by atoms with Gasteiger partial charge in [0.05, 0.1) is 0 Å². The van der Waals surface area contributed by atoms with Crippen molar-refractivity contribution in [3.8, 4) is 5.75 Å². The summed E-state index contributed by atoms with van der Waals surface area (Å²) in [6.45, 7) is 1.51. The third-order valence-electron chi connectivity index (χ3n) is 2.24. The predicted molar refractivity (Wildman–Crippen MR) is 68.2 cm³/mol. The molecule has 0 aliphatic carbocycles. The van der Waals surface area contributed by atoms with Crippen LogP contribution in [0, 0.1) is 0 Å². The molecule has 0 aliphatic rings. The van der Waals surface area contributed by atoms with Crippen molar-refractivity contribution in [2.24, 2.45) is 5.73 Å². The van der Waals surface area contributed by atoms with Gasteiger partial charge in [0.25, 0.3) is 0 Å². The Morgan fingerprint density at radius 3 is 2.47 bits per heavy atom. The zero-order valence-electron chi connectivity index (χ0n) is 9.76. The number of carbonyl (C=O) groups excluding carboxylic acids is 1. The third-order valence-corrected chi connectivity index (χ3v) is 2.24. The average Bonchev–Trinajstić information content (AvgIpc) is 2.26. The SMILES string of the molecule is CC(=O)Oc1ccc([C@H](N)CCCO)cc1.Cl. The molecule has 0 bridgehead atoms. The highest BCUT2D eigenvalue weighted by Gasteiger charge is 2.06. The monoisotopic (exact) mass is 259 g/mol. The van der Waals surface area contributed by atoms with Gasteiger partial charge in [0.15, 0.2) is 0 Å². The van der Waals surface area contributed by atoms with E-state index in [0.29, 0.717) is 12.2 Å². The number of esters is 1. The Labute approximate surface area is 107 Å². The zero-order chi connectivity index (χ0) is 12.0. The van der Waals surface area contributed by atoms with Crippen molar-refractivity contribution < 1.29 is 14.6 Å². The van der Waals surface area contributed by atoms with Crippen LogP contribution in [-0.2, 0) is 4.79 Å². The fourth-order valence-electron chi connectivity index (χ4n) is 1.43. The summed E-state index contributed by atoms with van der Waals surface area (Å²) >= 11 is 0. The standard InChI is InChI=1S/C12H17NO3.ClH/c1-9(15)16-11-6-4-10(5-7-11)12(13)3-2-8-14;/h4-7,12,14H,2-3,8,13H2,1H3;1H/t12-;/m1./s1. The molecule has 17 heavy (non-hydrogen) atoms. The smallest absolute Gasteiger partial charge is 0.308 e. The Morgan fingerprint density at radius 2 is 2.00 bits per heavy atom. The van der Waals surface area contributed by atoms with Crippen LogP contribution in [0.1, 0.15) is 31.4 Å². The summed E-state index contributed by atoms with van der Waals surface area (Å²) in [5, 5.41) is 8.69. The van der Waals surface area contributed by atoms with Crippen molar-refractivity contribution in [2.75, 3.05) is 6.61 Å². The maximum atomic E-state index is 10.7. The summed E-state index contributed by atoms with van der Waals surface area (Å²) in [5.41, 5.74) is 6.89. The lowest BCUT2D eigenvalue weighted by Crippen LogP contribution is -2.10. The lowest BCUT2D eigenvalue weighted by molar-refractivity contribution is -0.131. The first-order valence-corrected chi connectivity index (χ1v) is 5.28. The fourth-order valence-corrected chi connectivity index (χ4v) is 1.43. The van der Waals surface area contributed by atoms with E-state index in [1.807, 2.05) is 12.1 Å². The Kier molecular flexibility index (Phi) is 7.54. The van der Waals surface area contributed by atoms with Crippen LogP contribution in [0.4, 0.5) is 0 Å². The Hall–Kier alpha value is -1.10. The van der Waals surface area contributed by atoms with E-state index >= 15 is 0 Å². The molecule has 0 amide bonds. The van der Waals surface area contributed by atoms with Gasteiger partial charge < -0.3 is 15.6 Å². The second-order valence-electron chi connectivity index (χ2n) is 3.64. The van der Waals surface area contributed by atoms with Crippen LogP contribution in [0.2, 0.25) is 0 Å². The summed E-state index contributed by atoms with van der Waals surface area (Å²) in [5.74, 6) is 0.183. The molecule has 0 saturated heterocycles. The van der Waals surface area contributed by atoms with Crippen LogP contribution >= 0.6 is 12.4 Å². The largest absolute Gasteiger partial charge is 0.427 e. The first-order valence-electron chi connectivity index (χ1n) is 5.28. The van der Waals surface area contributed by atoms with E-state index in [2.05, 4.69) is 0 Å². The van der Waals surface area contributed by atoms with Crippen molar-refractivity contribution in [1.82, 2.24) is 0 Å². The molecule has 0 aliphatic heterocycles. The van der Waals surface area contributed by atoms with E-state index in [1.54, 1.807) is 12.1 Å². The number of aliphatic hydroxyl groups is 1. The maximum absolute atomic E-state index is 10.7. The van der Waals surface area contributed by atoms with Gasteiger partial charge in [0.2, 0.25) is 0 Å². The lowest BCUT2D eigenvalue weighted by Gasteiger charge is -2.11. The lowest BCUT2D eigenvalue weighted by atomic mass is 10.0. The molecule has 0 spiro atoms. The number of carbonyl (C=O) groups is 1. The minimum atomic E-state index is -0.336. The normalized spacial score (nSPS) is 11.5. The highest BCUT2D eigenvalue weighted by molar-refractivity contribution is 5.85.